The molecule has 1 atom stereocenters. The van der Waals surface area contributed by atoms with Crippen LogP contribution in [-0.2, 0) is 4.79 Å². The molecule has 21 heavy (non-hydrogen) atoms. The van der Waals surface area contributed by atoms with Crippen molar-refractivity contribution in [2.75, 3.05) is 25.5 Å². The Kier molecular flexibility index (Phi) is 4.90. The summed E-state index contributed by atoms with van der Waals surface area (Å²) in [6.45, 7) is 0.784. The Balaban J connectivity index is 2.02. The van der Waals surface area contributed by atoms with E-state index in [9.17, 15) is 9.59 Å². The fourth-order valence-electron chi connectivity index (χ4n) is 2.30. The summed E-state index contributed by atoms with van der Waals surface area (Å²) in [5.41, 5.74) is 0.554. The molecule has 2 amide bonds. The van der Waals surface area contributed by atoms with Crippen LogP contribution in [0.5, 0.6) is 5.75 Å². The lowest BCUT2D eigenvalue weighted by Crippen LogP contribution is -2.44. The number of carboxylic acid groups (broad SMARTS) is 1. The van der Waals surface area contributed by atoms with E-state index in [1.807, 2.05) is 0 Å². The Morgan fingerprint density at radius 2 is 2.24 bits per heavy atom. The maximum atomic E-state index is 12.2. The van der Waals surface area contributed by atoms with Crippen LogP contribution in [0.3, 0.4) is 0 Å². The first-order valence-electron chi connectivity index (χ1n) is 6.63. The Labute approximate surface area is 127 Å². The number of hydrogen-bond acceptors (Lipinski definition) is 3. The molecule has 2 rings (SSSR count). The molecule has 0 bridgehead atoms. The first-order chi connectivity index (χ1) is 10.0. The van der Waals surface area contributed by atoms with Gasteiger partial charge >= 0.3 is 12.0 Å². The summed E-state index contributed by atoms with van der Waals surface area (Å²) in [7, 11) is 1.49. The topological polar surface area (TPSA) is 78.9 Å². The molecule has 2 N–H and O–H groups in total. The Morgan fingerprint density at radius 3 is 2.90 bits per heavy atom. The van der Waals surface area contributed by atoms with Crippen LogP contribution >= 0.6 is 11.6 Å². The van der Waals surface area contributed by atoms with Gasteiger partial charge in [0.2, 0.25) is 0 Å². The van der Waals surface area contributed by atoms with E-state index >= 15 is 0 Å². The third-order valence-corrected chi connectivity index (χ3v) is 3.77. The summed E-state index contributed by atoms with van der Waals surface area (Å²) >= 11 is 5.92. The van der Waals surface area contributed by atoms with Crippen LogP contribution < -0.4 is 10.1 Å². The lowest BCUT2D eigenvalue weighted by molar-refractivity contribution is -0.143. The third-order valence-electron chi connectivity index (χ3n) is 3.46. The van der Waals surface area contributed by atoms with Gasteiger partial charge in [0.15, 0.2) is 0 Å². The van der Waals surface area contributed by atoms with E-state index in [1.54, 1.807) is 18.2 Å². The van der Waals surface area contributed by atoms with Crippen molar-refractivity contribution in [2.45, 2.75) is 12.8 Å². The minimum Gasteiger partial charge on any atom is -0.495 e. The fraction of sp³-hybridized carbons (Fsp3) is 0.429. The smallest absolute Gasteiger partial charge is 0.321 e. The number of likely N-dealkylation sites (tertiary alicyclic amines) is 1. The number of anilines is 1. The minimum atomic E-state index is -0.860. The van der Waals surface area contributed by atoms with Gasteiger partial charge in [-0.25, -0.2) is 4.79 Å². The van der Waals surface area contributed by atoms with E-state index in [0.29, 0.717) is 35.8 Å². The van der Waals surface area contributed by atoms with Gasteiger partial charge in [-0.15, -0.1) is 0 Å². The van der Waals surface area contributed by atoms with E-state index < -0.39 is 11.9 Å². The number of benzene rings is 1. The molecule has 6 nitrogen and oxygen atoms in total. The summed E-state index contributed by atoms with van der Waals surface area (Å²) in [5.74, 6) is -0.888. The van der Waals surface area contributed by atoms with Crippen molar-refractivity contribution in [3.63, 3.8) is 0 Å². The summed E-state index contributed by atoms with van der Waals surface area (Å²) < 4.78 is 5.09. The van der Waals surface area contributed by atoms with Crippen molar-refractivity contribution in [1.82, 2.24) is 4.90 Å². The number of carboxylic acids is 1. The zero-order valence-electron chi connectivity index (χ0n) is 11.6. The van der Waals surface area contributed by atoms with Crippen LogP contribution in [0.4, 0.5) is 10.5 Å². The summed E-state index contributed by atoms with van der Waals surface area (Å²) in [4.78, 5) is 24.7. The molecule has 1 aromatic carbocycles. The average Bonchev–Trinajstić information content (AvgIpc) is 2.49. The number of piperidine rings is 1. The van der Waals surface area contributed by atoms with E-state index in [1.165, 1.54) is 12.0 Å². The molecule has 1 aromatic rings. The molecule has 1 saturated heterocycles. The first-order valence-corrected chi connectivity index (χ1v) is 7.01. The van der Waals surface area contributed by atoms with Crippen LogP contribution in [0, 0.1) is 5.92 Å². The van der Waals surface area contributed by atoms with E-state index in [-0.39, 0.29) is 12.6 Å². The number of carbonyl (C=O) groups is 2. The number of ether oxygens (including phenoxy) is 1. The molecular formula is C14H17ClN2O4. The second-order valence-corrected chi connectivity index (χ2v) is 5.31. The van der Waals surface area contributed by atoms with Gasteiger partial charge in [0, 0.05) is 24.8 Å². The lowest BCUT2D eigenvalue weighted by atomic mass is 9.99. The molecular weight excluding hydrogens is 296 g/mol. The molecule has 0 saturated carbocycles. The second-order valence-electron chi connectivity index (χ2n) is 4.90. The summed E-state index contributed by atoms with van der Waals surface area (Å²) in [5, 5.41) is 12.2. The fourth-order valence-corrected chi connectivity index (χ4v) is 2.50. The van der Waals surface area contributed by atoms with E-state index in [2.05, 4.69) is 5.32 Å². The summed E-state index contributed by atoms with van der Waals surface area (Å²) in [6, 6.07) is 4.61. The number of rotatable bonds is 3. The molecule has 7 heteroatoms. The molecule has 1 heterocycles. The number of halogens is 1. The number of aliphatic carboxylic acids is 1. The SMILES string of the molecule is COc1cc(NC(=O)N2CCCC(C(=O)O)C2)ccc1Cl. The number of nitrogens with one attached hydrogen (secondary N) is 1. The number of nitrogens with zero attached hydrogens (tertiary/aromatic N) is 1. The van der Waals surface area contributed by atoms with Gasteiger partial charge in [-0.2, -0.15) is 0 Å². The number of methoxy groups -OCH3 is 1. The third kappa shape index (κ3) is 3.78. The predicted octanol–water partition coefficient (Wildman–Crippen LogP) is 2.68. The zero-order chi connectivity index (χ0) is 15.4. The molecule has 0 aromatic heterocycles. The van der Waals surface area contributed by atoms with Gasteiger partial charge in [-0.1, -0.05) is 11.6 Å². The molecule has 1 fully saturated rings. The average molecular weight is 313 g/mol. The van der Waals surface area contributed by atoms with Crippen LogP contribution in [0.25, 0.3) is 0 Å². The number of hydrogen-bond donors (Lipinski definition) is 2. The van der Waals surface area contributed by atoms with E-state index in [4.69, 9.17) is 21.4 Å². The van der Waals surface area contributed by atoms with E-state index in [0.717, 1.165) is 0 Å². The lowest BCUT2D eigenvalue weighted by Gasteiger charge is -2.30. The van der Waals surface area contributed by atoms with Gasteiger partial charge in [-0.3, -0.25) is 4.79 Å². The highest BCUT2D eigenvalue weighted by molar-refractivity contribution is 6.32. The van der Waals surface area contributed by atoms with Crippen LogP contribution in [0.1, 0.15) is 12.8 Å². The highest BCUT2D eigenvalue weighted by Gasteiger charge is 2.28. The molecule has 1 aliphatic rings. The molecule has 1 aliphatic heterocycles. The maximum Gasteiger partial charge on any atom is 0.321 e. The van der Waals surface area contributed by atoms with Crippen molar-refractivity contribution >= 4 is 29.3 Å². The Hall–Kier alpha value is -1.95. The normalized spacial score (nSPS) is 18.2. The molecule has 1 unspecified atom stereocenters. The van der Waals surface area contributed by atoms with Crippen LogP contribution in [0.15, 0.2) is 18.2 Å². The predicted molar refractivity (Wildman–Crippen MR) is 79.0 cm³/mol. The second kappa shape index (κ2) is 6.67. The van der Waals surface area contributed by atoms with Crippen molar-refractivity contribution < 1.29 is 19.4 Å². The Morgan fingerprint density at radius 1 is 1.48 bits per heavy atom. The van der Waals surface area contributed by atoms with Crippen molar-refractivity contribution in [2.24, 2.45) is 5.92 Å². The van der Waals surface area contributed by atoms with Gasteiger partial charge in [0.25, 0.3) is 0 Å². The van der Waals surface area contributed by atoms with Gasteiger partial charge < -0.3 is 20.1 Å². The largest absolute Gasteiger partial charge is 0.495 e. The number of urea groups is 1. The van der Waals surface area contributed by atoms with Gasteiger partial charge in [-0.05, 0) is 25.0 Å². The minimum absolute atomic E-state index is 0.228. The number of carbonyl (C=O) groups excluding carboxylic acids is 1. The molecule has 0 aliphatic carbocycles. The quantitative estimate of drug-likeness (QED) is 0.899. The van der Waals surface area contributed by atoms with Gasteiger partial charge in [0.1, 0.15) is 5.75 Å². The molecule has 0 radical (unpaired) electrons. The zero-order valence-corrected chi connectivity index (χ0v) is 12.4. The van der Waals surface area contributed by atoms with Gasteiger partial charge in [0.05, 0.1) is 18.1 Å². The standard InChI is InChI=1S/C14H17ClN2O4/c1-21-12-7-10(4-5-11(12)15)16-14(20)17-6-2-3-9(8-17)13(18)19/h4-5,7,9H,2-3,6,8H2,1H3,(H,16,20)(H,18,19). The summed E-state index contributed by atoms with van der Waals surface area (Å²) in [6.07, 6.45) is 1.29. The highest BCUT2D eigenvalue weighted by atomic mass is 35.5. The Bertz CT molecular complexity index is 550. The molecule has 114 valence electrons. The van der Waals surface area contributed by atoms with Crippen LogP contribution in [-0.4, -0.2) is 42.2 Å². The van der Waals surface area contributed by atoms with Crippen LogP contribution in [0.2, 0.25) is 5.02 Å². The molecule has 0 spiro atoms. The monoisotopic (exact) mass is 312 g/mol. The number of amides is 2. The van der Waals surface area contributed by atoms with Crippen molar-refractivity contribution in [3.05, 3.63) is 23.2 Å². The van der Waals surface area contributed by atoms with Crippen molar-refractivity contribution in [1.29, 1.82) is 0 Å². The van der Waals surface area contributed by atoms with Crippen molar-refractivity contribution in [3.8, 4) is 5.75 Å². The first kappa shape index (κ1) is 15.4. The highest BCUT2D eigenvalue weighted by Crippen LogP contribution is 2.27. The maximum absolute atomic E-state index is 12.2.